The number of methoxy groups -OCH3 is 1. The number of rotatable bonds is 3. The molecule has 126 valence electrons. The number of ether oxygens (including phenoxy) is 3. The van der Waals surface area contributed by atoms with Gasteiger partial charge in [0.2, 0.25) is 0 Å². The first-order chi connectivity index (χ1) is 10.7. The number of pyridine rings is 1. The van der Waals surface area contributed by atoms with Crippen molar-refractivity contribution in [3.8, 4) is 5.75 Å². The molecule has 1 saturated heterocycles. The van der Waals surface area contributed by atoms with Crippen LogP contribution in [0.5, 0.6) is 5.75 Å². The van der Waals surface area contributed by atoms with Crippen LogP contribution in [0.4, 0.5) is 4.79 Å². The second-order valence-electron chi connectivity index (χ2n) is 6.40. The van der Waals surface area contributed by atoms with Gasteiger partial charge in [-0.25, -0.2) is 14.6 Å². The highest BCUT2D eigenvalue weighted by atomic mass is 16.6. The molecule has 1 fully saturated rings. The van der Waals surface area contributed by atoms with Crippen molar-refractivity contribution in [3.05, 3.63) is 24.0 Å². The van der Waals surface area contributed by atoms with E-state index in [1.807, 2.05) is 27.7 Å². The van der Waals surface area contributed by atoms with Crippen LogP contribution in [-0.4, -0.2) is 53.3 Å². The van der Waals surface area contributed by atoms with Crippen LogP contribution in [0.25, 0.3) is 0 Å². The molecule has 0 bridgehead atoms. The van der Waals surface area contributed by atoms with E-state index in [-0.39, 0.29) is 23.9 Å². The molecule has 1 aliphatic rings. The molecule has 0 aromatic carbocycles. The first-order valence-corrected chi connectivity index (χ1v) is 7.42. The summed E-state index contributed by atoms with van der Waals surface area (Å²) in [5, 5.41) is 0. The molecule has 7 heteroatoms. The number of nitrogens with zero attached hydrogens (tertiary/aromatic N) is 2. The minimum Gasteiger partial charge on any atom is -0.485 e. The van der Waals surface area contributed by atoms with Crippen LogP contribution < -0.4 is 4.74 Å². The van der Waals surface area contributed by atoms with Crippen molar-refractivity contribution >= 4 is 12.1 Å². The first kappa shape index (κ1) is 17.1. The Balaban J connectivity index is 1.89. The molecule has 1 aromatic heterocycles. The van der Waals surface area contributed by atoms with Crippen LogP contribution in [0.2, 0.25) is 0 Å². The summed E-state index contributed by atoms with van der Waals surface area (Å²) in [6.07, 6.45) is 0.993. The van der Waals surface area contributed by atoms with Crippen molar-refractivity contribution in [1.82, 2.24) is 9.88 Å². The molecular formula is C16H22N2O5. The molecule has 0 N–H and O–H groups in total. The highest BCUT2D eigenvalue weighted by Gasteiger charge is 2.42. The third-order valence-corrected chi connectivity index (χ3v) is 3.45. The zero-order valence-electron chi connectivity index (χ0n) is 14.0. The molecule has 7 nitrogen and oxygen atoms in total. The number of carbonyl (C=O) groups is 2. The Labute approximate surface area is 135 Å². The summed E-state index contributed by atoms with van der Waals surface area (Å²) in [6.45, 7) is 7.84. The average molecular weight is 322 g/mol. The van der Waals surface area contributed by atoms with Crippen molar-refractivity contribution < 1.29 is 23.8 Å². The molecule has 0 spiro atoms. The molecule has 1 aliphatic heterocycles. The lowest BCUT2D eigenvalue weighted by Gasteiger charge is -2.45. The SMILES string of the molecule is COC(=O)c1ccc(O[C@@H]2CN(C(=O)OC(C)(C)C)[C@H]2C)cn1. The van der Waals surface area contributed by atoms with Crippen LogP contribution in [0.15, 0.2) is 18.3 Å². The predicted molar refractivity (Wildman–Crippen MR) is 82.4 cm³/mol. The molecule has 23 heavy (non-hydrogen) atoms. The molecular weight excluding hydrogens is 300 g/mol. The summed E-state index contributed by atoms with van der Waals surface area (Å²) < 4.78 is 15.7. The number of amides is 1. The second-order valence-corrected chi connectivity index (χ2v) is 6.40. The summed E-state index contributed by atoms with van der Waals surface area (Å²) in [7, 11) is 1.30. The van der Waals surface area contributed by atoms with Crippen LogP contribution in [-0.2, 0) is 9.47 Å². The molecule has 2 atom stereocenters. The van der Waals surface area contributed by atoms with Crippen LogP contribution >= 0.6 is 0 Å². The highest BCUT2D eigenvalue weighted by Crippen LogP contribution is 2.25. The Morgan fingerprint density at radius 1 is 1.30 bits per heavy atom. The van der Waals surface area contributed by atoms with Gasteiger partial charge < -0.3 is 14.2 Å². The van der Waals surface area contributed by atoms with Crippen molar-refractivity contribution in [1.29, 1.82) is 0 Å². The Bertz CT molecular complexity index is 579. The zero-order valence-corrected chi connectivity index (χ0v) is 14.0. The molecule has 0 aliphatic carbocycles. The summed E-state index contributed by atoms with van der Waals surface area (Å²) in [5.74, 6) is 0.0444. The van der Waals surface area contributed by atoms with Gasteiger partial charge in [-0.3, -0.25) is 4.90 Å². The lowest BCUT2D eigenvalue weighted by Crippen LogP contribution is -2.63. The van der Waals surface area contributed by atoms with Gasteiger partial charge in [0, 0.05) is 0 Å². The number of aromatic nitrogens is 1. The Morgan fingerprint density at radius 2 is 2.00 bits per heavy atom. The van der Waals surface area contributed by atoms with E-state index < -0.39 is 11.6 Å². The van der Waals surface area contributed by atoms with Crippen molar-refractivity contribution in [3.63, 3.8) is 0 Å². The van der Waals surface area contributed by atoms with Crippen LogP contribution in [0.1, 0.15) is 38.2 Å². The van der Waals surface area contributed by atoms with Gasteiger partial charge in [-0.2, -0.15) is 0 Å². The smallest absolute Gasteiger partial charge is 0.410 e. The quantitative estimate of drug-likeness (QED) is 0.794. The van der Waals surface area contributed by atoms with Gasteiger partial charge in [0.15, 0.2) is 0 Å². The number of carbonyl (C=O) groups excluding carboxylic acids is 2. The van der Waals surface area contributed by atoms with Gasteiger partial charge in [0.25, 0.3) is 0 Å². The maximum Gasteiger partial charge on any atom is 0.410 e. The van der Waals surface area contributed by atoms with E-state index >= 15 is 0 Å². The zero-order chi connectivity index (χ0) is 17.2. The van der Waals surface area contributed by atoms with Crippen molar-refractivity contribution in [2.24, 2.45) is 0 Å². The number of hydrogen-bond acceptors (Lipinski definition) is 6. The molecule has 0 saturated carbocycles. The monoisotopic (exact) mass is 322 g/mol. The number of likely N-dealkylation sites (tertiary alicyclic amines) is 1. The van der Waals surface area contributed by atoms with Crippen LogP contribution in [0.3, 0.4) is 0 Å². The van der Waals surface area contributed by atoms with Gasteiger partial charge in [-0.05, 0) is 39.8 Å². The van der Waals surface area contributed by atoms with E-state index in [0.717, 1.165) is 0 Å². The predicted octanol–water partition coefficient (Wildman–Crippen LogP) is 2.25. The normalized spacial score (nSPS) is 20.5. The van der Waals surface area contributed by atoms with Gasteiger partial charge in [-0.1, -0.05) is 0 Å². The molecule has 0 unspecified atom stereocenters. The van der Waals surface area contributed by atoms with Crippen molar-refractivity contribution in [2.75, 3.05) is 13.7 Å². The lowest BCUT2D eigenvalue weighted by atomic mass is 10.0. The third kappa shape index (κ3) is 4.12. The van der Waals surface area contributed by atoms with E-state index in [4.69, 9.17) is 9.47 Å². The van der Waals surface area contributed by atoms with Gasteiger partial charge in [0.05, 0.1) is 25.9 Å². The first-order valence-electron chi connectivity index (χ1n) is 7.42. The van der Waals surface area contributed by atoms with E-state index in [1.54, 1.807) is 11.0 Å². The fraction of sp³-hybridized carbons (Fsp3) is 0.562. The van der Waals surface area contributed by atoms with E-state index in [2.05, 4.69) is 9.72 Å². The minimum atomic E-state index is -0.517. The molecule has 0 radical (unpaired) electrons. The Kier molecular flexibility index (Phi) is 4.77. The summed E-state index contributed by atoms with van der Waals surface area (Å²) in [4.78, 5) is 28.9. The fourth-order valence-electron chi connectivity index (χ4n) is 2.12. The van der Waals surface area contributed by atoms with E-state index in [9.17, 15) is 9.59 Å². The molecule has 1 aromatic rings. The second kappa shape index (κ2) is 6.44. The topological polar surface area (TPSA) is 78.0 Å². The lowest BCUT2D eigenvalue weighted by molar-refractivity contribution is -0.0537. The highest BCUT2D eigenvalue weighted by molar-refractivity contribution is 5.87. The fourth-order valence-corrected chi connectivity index (χ4v) is 2.12. The van der Waals surface area contributed by atoms with Gasteiger partial charge in [0.1, 0.15) is 23.1 Å². The van der Waals surface area contributed by atoms with E-state index in [1.165, 1.54) is 19.4 Å². The average Bonchev–Trinajstić information content (AvgIpc) is 2.48. The summed E-state index contributed by atoms with van der Waals surface area (Å²) in [6, 6.07) is 3.10. The summed E-state index contributed by atoms with van der Waals surface area (Å²) in [5.41, 5.74) is -0.298. The van der Waals surface area contributed by atoms with E-state index in [0.29, 0.717) is 12.3 Å². The minimum absolute atomic E-state index is 0.0925. The molecule has 1 amide bonds. The van der Waals surface area contributed by atoms with Crippen LogP contribution in [0, 0.1) is 0 Å². The van der Waals surface area contributed by atoms with Gasteiger partial charge >= 0.3 is 12.1 Å². The van der Waals surface area contributed by atoms with Crippen molar-refractivity contribution in [2.45, 2.75) is 45.4 Å². The largest absolute Gasteiger partial charge is 0.485 e. The van der Waals surface area contributed by atoms with Gasteiger partial charge in [-0.15, -0.1) is 0 Å². The standard InChI is InChI=1S/C16H22N2O5/c1-10-13(9-18(10)15(20)23-16(2,3)4)22-11-6-7-12(17-8-11)14(19)21-5/h6-8,10,13H,9H2,1-5H3/t10-,13+/m0/s1. The molecule has 2 rings (SSSR count). The Morgan fingerprint density at radius 3 is 2.48 bits per heavy atom. The third-order valence-electron chi connectivity index (χ3n) is 3.45. The maximum atomic E-state index is 12.0. The number of hydrogen-bond donors (Lipinski definition) is 0. The summed E-state index contributed by atoms with van der Waals surface area (Å²) >= 11 is 0. The Hall–Kier alpha value is -2.31. The maximum absolute atomic E-state index is 12.0. The number of esters is 1. The molecule has 2 heterocycles.